The minimum absolute atomic E-state index is 0.0515. The molecule has 29 heavy (non-hydrogen) atoms. The molecule has 0 atom stereocenters. The lowest BCUT2D eigenvalue weighted by Crippen LogP contribution is -2.43. The Morgan fingerprint density at radius 3 is 2.72 bits per heavy atom. The van der Waals surface area contributed by atoms with E-state index in [1.54, 1.807) is 40.8 Å². The highest BCUT2D eigenvalue weighted by molar-refractivity contribution is 5.92. The molecule has 0 spiro atoms. The maximum absolute atomic E-state index is 12.7. The third-order valence-corrected chi connectivity index (χ3v) is 5.14. The van der Waals surface area contributed by atoms with Crippen molar-refractivity contribution in [3.05, 3.63) is 52.5 Å². The van der Waals surface area contributed by atoms with E-state index < -0.39 is 0 Å². The molecular formula is C20H21N5O4. The maximum atomic E-state index is 12.7. The van der Waals surface area contributed by atoms with Gasteiger partial charge in [0.05, 0.1) is 11.7 Å². The number of hydrogen-bond donors (Lipinski definition) is 1. The predicted molar refractivity (Wildman–Crippen MR) is 105 cm³/mol. The Morgan fingerprint density at radius 1 is 1.24 bits per heavy atom. The first-order valence-electron chi connectivity index (χ1n) is 9.48. The van der Waals surface area contributed by atoms with Gasteiger partial charge in [-0.2, -0.15) is 5.10 Å². The SMILES string of the molecule is Cc1cc(NC(=O)C2CCN(C(=O)Cn3ncc(=O)c4ccccc43)CC2)no1. The van der Waals surface area contributed by atoms with E-state index in [1.807, 2.05) is 6.07 Å². The van der Waals surface area contributed by atoms with Gasteiger partial charge in [-0.25, -0.2) is 0 Å². The third-order valence-electron chi connectivity index (χ3n) is 5.14. The normalized spacial score (nSPS) is 14.9. The monoisotopic (exact) mass is 395 g/mol. The summed E-state index contributed by atoms with van der Waals surface area (Å²) in [6.45, 7) is 2.79. The van der Waals surface area contributed by atoms with E-state index in [9.17, 15) is 14.4 Å². The van der Waals surface area contributed by atoms with Gasteiger partial charge in [0.2, 0.25) is 17.2 Å². The largest absolute Gasteiger partial charge is 0.360 e. The molecule has 1 N–H and O–H groups in total. The average Bonchev–Trinajstić information content (AvgIpc) is 3.15. The molecule has 1 saturated heterocycles. The number of benzene rings is 1. The number of carbonyl (C=O) groups excluding carboxylic acids is 2. The van der Waals surface area contributed by atoms with E-state index >= 15 is 0 Å². The van der Waals surface area contributed by atoms with Crippen molar-refractivity contribution in [2.45, 2.75) is 26.3 Å². The number of anilines is 1. The molecule has 3 aromatic rings. The van der Waals surface area contributed by atoms with Crippen LogP contribution in [0, 0.1) is 12.8 Å². The van der Waals surface area contributed by atoms with E-state index in [0.717, 1.165) is 0 Å². The zero-order chi connectivity index (χ0) is 20.4. The quantitative estimate of drug-likeness (QED) is 0.718. The third kappa shape index (κ3) is 4.03. The number of nitrogens with one attached hydrogen (secondary N) is 1. The minimum Gasteiger partial charge on any atom is -0.360 e. The summed E-state index contributed by atoms with van der Waals surface area (Å²) in [5.41, 5.74) is 0.462. The number of hydrogen-bond acceptors (Lipinski definition) is 6. The molecule has 1 aliphatic heterocycles. The molecule has 9 heteroatoms. The van der Waals surface area contributed by atoms with Gasteiger partial charge >= 0.3 is 0 Å². The molecule has 150 valence electrons. The summed E-state index contributed by atoms with van der Waals surface area (Å²) in [6, 6.07) is 8.76. The van der Waals surface area contributed by atoms with Crippen molar-refractivity contribution >= 4 is 28.5 Å². The van der Waals surface area contributed by atoms with E-state index in [0.29, 0.717) is 48.4 Å². The van der Waals surface area contributed by atoms with Crippen molar-refractivity contribution in [1.82, 2.24) is 19.8 Å². The number of fused-ring (bicyclic) bond motifs is 1. The summed E-state index contributed by atoms with van der Waals surface area (Å²) in [5, 5.41) is 11.2. The van der Waals surface area contributed by atoms with Crippen molar-refractivity contribution in [3.8, 4) is 0 Å². The first kappa shape index (κ1) is 18.9. The van der Waals surface area contributed by atoms with Crippen molar-refractivity contribution in [3.63, 3.8) is 0 Å². The van der Waals surface area contributed by atoms with Crippen LogP contribution in [0.5, 0.6) is 0 Å². The van der Waals surface area contributed by atoms with Crippen LogP contribution in [-0.2, 0) is 16.1 Å². The Bertz CT molecular complexity index is 1110. The molecule has 0 saturated carbocycles. The van der Waals surface area contributed by atoms with Crippen LogP contribution >= 0.6 is 0 Å². The molecular weight excluding hydrogens is 374 g/mol. The minimum atomic E-state index is -0.178. The summed E-state index contributed by atoms with van der Waals surface area (Å²) in [6.07, 6.45) is 2.39. The zero-order valence-corrected chi connectivity index (χ0v) is 16.0. The zero-order valence-electron chi connectivity index (χ0n) is 16.0. The second-order valence-corrected chi connectivity index (χ2v) is 7.15. The summed E-state index contributed by atoms with van der Waals surface area (Å²) in [5.74, 6) is 0.657. The molecule has 2 aromatic heterocycles. The van der Waals surface area contributed by atoms with Crippen LogP contribution in [0.15, 0.2) is 45.8 Å². The van der Waals surface area contributed by atoms with Gasteiger partial charge in [0.25, 0.3) is 0 Å². The molecule has 0 aliphatic carbocycles. The highest BCUT2D eigenvalue weighted by atomic mass is 16.5. The summed E-state index contributed by atoms with van der Waals surface area (Å²) in [4.78, 5) is 38.8. The van der Waals surface area contributed by atoms with Gasteiger partial charge in [-0.1, -0.05) is 17.3 Å². The number of nitrogens with zero attached hydrogens (tertiary/aromatic N) is 4. The van der Waals surface area contributed by atoms with Crippen LogP contribution in [0.1, 0.15) is 18.6 Å². The van der Waals surface area contributed by atoms with E-state index in [1.165, 1.54) is 6.20 Å². The first-order chi connectivity index (χ1) is 14.0. The van der Waals surface area contributed by atoms with Gasteiger partial charge in [-0.3, -0.25) is 19.1 Å². The molecule has 9 nitrogen and oxygen atoms in total. The maximum Gasteiger partial charge on any atom is 0.244 e. The molecule has 3 heterocycles. The van der Waals surface area contributed by atoms with Crippen molar-refractivity contribution in [1.29, 1.82) is 0 Å². The highest BCUT2D eigenvalue weighted by Crippen LogP contribution is 2.20. The number of para-hydroxylation sites is 1. The van der Waals surface area contributed by atoms with E-state index in [-0.39, 0.29) is 29.7 Å². The van der Waals surface area contributed by atoms with Gasteiger partial charge in [-0.05, 0) is 31.9 Å². The fourth-order valence-electron chi connectivity index (χ4n) is 3.56. The fraction of sp³-hybridized carbons (Fsp3) is 0.350. The second kappa shape index (κ2) is 7.86. The number of aryl methyl sites for hydroxylation is 1. The molecule has 1 aromatic carbocycles. The fourth-order valence-corrected chi connectivity index (χ4v) is 3.56. The smallest absolute Gasteiger partial charge is 0.244 e. The van der Waals surface area contributed by atoms with Crippen LogP contribution in [0.4, 0.5) is 5.82 Å². The number of aromatic nitrogens is 3. The number of carbonyl (C=O) groups is 2. The summed E-state index contributed by atoms with van der Waals surface area (Å²) < 4.78 is 6.50. The van der Waals surface area contributed by atoms with Gasteiger partial charge in [0, 0.05) is 30.5 Å². The predicted octanol–water partition coefficient (Wildman–Crippen LogP) is 1.57. The van der Waals surface area contributed by atoms with Gasteiger partial charge in [-0.15, -0.1) is 0 Å². The molecule has 1 aliphatic rings. The van der Waals surface area contributed by atoms with Crippen molar-refractivity contribution in [2.24, 2.45) is 5.92 Å². The van der Waals surface area contributed by atoms with Crippen LogP contribution < -0.4 is 10.7 Å². The highest BCUT2D eigenvalue weighted by Gasteiger charge is 2.28. The van der Waals surface area contributed by atoms with Crippen LogP contribution in [-0.4, -0.2) is 44.7 Å². The van der Waals surface area contributed by atoms with E-state index in [4.69, 9.17) is 4.52 Å². The molecule has 0 radical (unpaired) electrons. The summed E-state index contributed by atoms with van der Waals surface area (Å²) in [7, 11) is 0. The topological polar surface area (TPSA) is 110 Å². The average molecular weight is 395 g/mol. The first-order valence-corrected chi connectivity index (χ1v) is 9.48. The number of likely N-dealkylation sites (tertiary alicyclic amines) is 1. The Hall–Kier alpha value is -3.49. The molecule has 0 bridgehead atoms. The van der Waals surface area contributed by atoms with Gasteiger partial charge in [0.15, 0.2) is 5.82 Å². The summed E-state index contributed by atoms with van der Waals surface area (Å²) >= 11 is 0. The Balaban J connectivity index is 1.36. The molecule has 0 unspecified atom stereocenters. The lowest BCUT2D eigenvalue weighted by atomic mass is 9.96. The number of piperidine rings is 1. The standard InChI is InChI=1S/C20H21N5O4/c1-13-10-18(23-29-13)22-20(28)14-6-8-24(9-7-14)19(27)12-25-16-5-3-2-4-15(16)17(26)11-21-25/h2-5,10-11,14H,6-9,12H2,1H3,(H,22,23,28). The Kier molecular flexibility index (Phi) is 5.11. The Morgan fingerprint density at radius 2 is 2.00 bits per heavy atom. The Labute approximate surface area is 166 Å². The van der Waals surface area contributed by atoms with Crippen LogP contribution in [0.25, 0.3) is 10.9 Å². The molecule has 2 amide bonds. The van der Waals surface area contributed by atoms with Crippen LogP contribution in [0.3, 0.4) is 0 Å². The lowest BCUT2D eigenvalue weighted by molar-refractivity contribution is -0.135. The lowest BCUT2D eigenvalue weighted by Gasteiger charge is -2.31. The molecule has 1 fully saturated rings. The van der Waals surface area contributed by atoms with Crippen molar-refractivity contribution in [2.75, 3.05) is 18.4 Å². The van der Waals surface area contributed by atoms with Crippen molar-refractivity contribution < 1.29 is 14.1 Å². The van der Waals surface area contributed by atoms with Crippen LogP contribution in [0.2, 0.25) is 0 Å². The van der Waals surface area contributed by atoms with E-state index in [2.05, 4.69) is 15.6 Å². The molecule has 4 rings (SSSR count). The van der Waals surface area contributed by atoms with Gasteiger partial charge in [0.1, 0.15) is 12.3 Å². The number of amides is 2. The second-order valence-electron chi connectivity index (χ2n) is 7.15. The van der Waals surface area contributed by atoms with Gasteiger partial charge < -0.3 is 14.7 Å². The number of rotatable bonds is 4.